The van der Waals surface area contributed by atoms with Gasteiger partial charge in [-0.2, -0.15) is 0 Å². The Hall–Kier alpha value is -0.610. The van der Waals surface area contributed by atoms with Gasteiger partial charge in [-0.15, -0.1) is 0 Å². The zero-order valence-corrected chi connectivity index (χ0v) is 10.2. The minimum absolute atomic E-state index is 0.155. The fourth-order valence-corrected chi connectivity index (χ4v) is 2.55. The molecule has 0 radical (unpaired) electrons. The highest BCUT2D eigenvalue weighted by atomic mass is 16.3. The number of hydrogen-bond donors (Lipinski definition) is 2. The Balaban J connectivity index is 1.88. The van der Waals surface area contributed by atoms with Gasteiger partial charge >= 0.3 is 0 Å². The second kappa shape index (κ2) is 4.34. The van der Waals surface area contributed by atoms with Crippen LogP contribution in [0.5, 0.6) is 0 Å². The van der Waals surface area contributed by atoms with Gasteiger partial charge in [-0.05, 0) is 18.8 Å². The van der Waals surface area contributed by atoms with Crippen LogP contribution in [-0.4, -0.2) is 47.2 Å². The van der Waals surface area contributed by atoms with E-state index in [0.29, 0.717) is 18.4 Å². The zero-order valence-electron chi connectivity index (χ0n) is 10.2. The summed E-state index contributed by atoms with van der Waals surface area (Å²) >= 11 is 0. The lowest BCUT2D eigenvalue weighted by atomic mass is 9.81. The molecule has 1 unspecified atom stereocenters. The van der Waals surface area contributed by atoms with Gasteiger partial charge < -0.3 is 10.4 Å². The first kappa shape index (κ1) is 11.9. The lowest BCUT2D eigenvalue weighted by molar-refractivity contribution is -0.147. The molecule has 2 heterocycles. The first-order chi connectivity index (χ1) is 7.51. The molecule has 2 N–H and O–H groups in total. The van der Waals surface area contributed by atoms with Gasteiger partial charge in [0.05, 0.1) is 5.60 Å². The van der Waals surface area contributed by atoms with E-state index in [0.717, 1.165) is 32.5 Å². The smallest absolute Gasteiger partial charge is 0.221 e. The molecule has 4 nitrogen and oxygen atoms in total. The summed E-state index contributed by atoms with van der Waals surface area (Å²) in [6, 6.07) is 0.335. The largest absolute Gasteiger partial charge is 0.387 e. The molecule has 0 saturated carbocycles. The maximum absolute atomic E-state index is 11.4. The Kier molecular flexibility index (Phi) is 3.22. The first-order valence-corrected chi connectivity index (χ1v) is 6.24. The Bertz CT molecular complexity index is 272. The summed E-state index contributed by atoms with van der Waals surface area (Å²) in [4.78, 5) is 13.7. The number of nitrogens with one attached hydrogen (secondary N) is 1. The van der Waals surface area contributed by atoms with Crippen LogP contribution in [0.15, 0.2) is 0 Å². The van der Waals surface area contributed by atoms with Crippen molar-refractivity contribution in [3.8, 4) is 0 Å². The maximum atomic E-state index is 11.4. The molecular weight excluding hydrogens is 204 g/mol. The van der Waals surface area contributed by atoms with Gasteiger partial charge in [0.1, 0.15) is 0 Å². The highest BCUT2D eigenvalue weighted by Crippen LogP contribution is 2.32. The van der Waals surface area contributed by atoms with Crippen molar-refractivity contribution in [2.45, 2.75) is 44.8 Å². The molecule has 1 amide bonds. The average Bonchev–Trinajstić information content (AvgIpc) is 2.37. The van der Waals surface area contributed by atoms with Crippen LogP contribution in [0.3, 0.4) is 0 Å². The summed E-state index contributed by atoms with van der Waals surface area (Å²) in [5, 5.41) is 13.1. The van der Waals surface area contributed by atoms with Gasteiger partial charge in [-0.1, -0.05) is 13.8 Å². The van der Waals surface area contributed by atoms with Gasteiger partial charge in [-0.25, -0.2) is 0 Å². The van der Waals surface area contributed by atoms with Gasteiger partial charge in [0.2, 0.25) is 5.91 Å². The number of rotatable bonds is 2. The maximum Gasteiger partial charge on any atom is 0.221 e. The first-order valence-electron chi connectivity index (χ1n) is 6.24. The normalized spacial score (nSPS) is 30.8. The van der Waals surface area contributed by atoms with Crippen molar-refractivity contribution < 1.29 is 9.90 Å². The monoisotopic (exact) mass is 226 g/mol. The van der Waals surface area contributed by atoms with Crippen LogP contribution in [0.25, 0.3) is 0 Å². The third-order valence-corrected chi connectivity index (χ3v) is 4.00. The van der Waals surface area contributed by atoms with E-state index in [2.05, 4.69) is 24.1 Å². The van der Waals surface area contributed by atoms with Crippen LogP contribution in [0, 0.1) is 5.92 Å². The fourth-order valence-electron chi connectivity index (χ4n) is 2.55. The van der Waals surface area contributed by atoms with Crippen LogP contribution in [0.2, 0.25) is 0 Å². The summed E-state index contributed by atoms with van der Waals surface area (Å²) in [6.45, 7) is 6.36. The topological polar surface area (TPSA) is 52.6 Å². The van der Waals surface area contributed by atoms with Crippen LogP contribution in [-0.2, 0) is 4.79 Å². The third kappa shape index (κ3) is 2.23. The molecule has 1 atom stereocenters. The summed E-state index contributed by atoms with van der Waals surface area (Å²) in [6.07, 6.45) is 2.70. The number of carbonyl (C=O) groups is 1. The van der Waals surface area contributed by atoms with E-state index in [1.165, 1.54) is 0 Å². The van der Waals surface area contributed by atoms with E-state index in [1.807, 2.05) is 0 Å². The van der Waals surface area contributed by atoms with E-state index >= 15 is 0 Å². The SMILES string of the molecule is CC(C)C1(O)CN(C2CCCNC(=O)C2)C1. The highest BCUT2D eigenvalue weighted by Gasteiger charge is 2.46. The molecule has 0 spiro atoms. The average molecular weight is 226 g/mol. The molecule has 2 fully saturated rings. The predicted octanol–water partition coefficient (Wildman–Crippen LogP) is 0.358. The molecule has 16 heavy (non-hydrogen) atoms. The number of β-amino-alcohol motifs (C(OH)–C–C–N with tert-alkyl or cyclic N) is 1. The molecule has 0 aromatic rings. The second-order valence-corrected chi connectivity index (χ2v) is 5.51. The summed E-state index contributed by atoms with van der Waals surface area (Å²) in [5.74, 6) is 0.450. The highest BCUT2D eigenvalue weighted by molar-refractivity contribution is 5.76. The van der Waals surface area contributed by atoms with E-state index in [9.17, 15) is 9.90 Å². The lowest BCUT2D eigenvalue weighted by Crippen LogP contribution is -2.67. The van der Waals surface area contributed by atoms with Gasteiger partial charge in [-0.3, -0.25) is 9.69 Å². The minimum Gasteiger partial charge on any atom is -0.387 e. The molecule has 0 aromatic carbocycles. The minimum atomic E-state index is -0.525. The molecule has 2 rings (SSSR count). The van der Waals surface area contributed by atoms with E-state index in [1.54, 1.807) is 0 Å². The van der Waals surface area contributed by atoms with E-state index < -0.39 is 5.60 Å². The van der Waals surface area contributed by atoms with Crippen molar-refractivity contribution in [3.63, 3.8) is 0 Å². The van der Waals surface area contributed by atoms with Crippen molar-refractivity contribution in [2.24, 2.45) is 5.92 Å². The molecular formula is C12H22N2O2. The fraction of sp³-hybridized carbons (Fsp3) is 0.917. The van der Waals surface area contributed by atoms with Crippen molar-refractivity contribution in [3.05, 3.63) is 0 Å². The zero-order chi connectivity index (χ0) is 11.8. The van der Waals surface area contributed by atoms with Crippen LogP contribution in [0.1, 0.15) is 33.1 Å². The van der Waals surface area contributed by atoms with E-state index in [4.69, 9.17) is 0 Å². The molecule has 2 aliphatic rings. The predicted molar refractivity (Wildman–Crippen MR) is 62.0 cm³/mol. The number of likely N-dealkylation sites (tertiary alicyclic amines) is 1. The van der Waals surface area contributed by atoms with Gasteiger partial charge in [0.25, 0.3) is 0 Å². The molecule has 0 aromatic heterocycles. The van der Waals surface area contributed by atoms with Gasteiger partial charge in [0.15, 0.2) is 0 Å². The number of hydrogen-bond acceptors (Lipinski definition) is 3. The Morgan fingerprint density at radius 3 is 2.81 bits per heavy atom. The third-order valence-electron chi connectivity index (χ3n) is 4.00. The Labute approximate surface area is 97.0 Å². The summed E-state index contributed by atoms with van der Waals surface area (Å²) in [5.41, 5.74) is -0.525. The van der Waals surface area contributed by atoms with Crippen LogP contribution >= 0.6 is 0 Å². The van der Waals surface area contributed by atoms with Crippen molar-refractivity contribution in [1.29, 1.82) is 0 Å². The molecule has 0 bridgehead atoms. The lowest BCUT2D eigenvalue weighted by Gasteiger charge is -2.52. The Morgan fingerprint density at radius 1 is 1.50 bits per heavy atom. The van der Waals surface area contributed by atoms with Crippen LogP contribution in [0.4, 0.5) is 0 Å². The molecule has 2 saturated heterocycles. The quantitative estimate of drug-likeness (QED) is 0.715. The summed E-state index contributed by atoms with van der Waals surface area (Å²) in [7, 11) is 0. The number of carbonyl (C=O) groups excluding carboxylic acids is 1. The van der Waals surface area contributed by atoms with Crippen molar-refractivity contribution in [2.75, 3.05) is 19.6 Å². The number of nitrogens with zero attached hydrogens (tertiary/aromatic N) is 1. The number of amides is 1. The van der Waals surface area contributed by atoms with Gasteiger partial charge in [0, 0.05) is 32.1 Å². The van der Waals surface area contributed by atoms with Crippen LogP contribution < -0.4 is 5.32 Å². The summed E-state index contributed by atoms with van der Waals surface area (Å²) < 4.78 is 0. The number of aliphatic hydroxyl groups is 1. The molecule has 0 aliphatic carbocycles. The van der Waals surface area contributed by atoms with E-state index in [-0.39, 0.29) is 5.91 Å². The van der Waals surface area contributed by atoms with Crippen molar-refractivity contribution in [1.82, 2.24) is 10.2 Å². The Morgan fingerprint density at radius 2 is 2.19 bits per heavy atom. The van der Waals surface area contributed by atoms with Crippen molar-refractivity contribution >= 4 is 5.91 Å². The molecule has 2 aliphatic heterocycles. The standard InChI is InChI=1S/C12H22N2O2/c1-9(2)12(16)7-14(8-12)10-4-3-5-13-11(15)6-10/h9-10,16H,3-8H2,1-2H3,(H,13,15). The second-order valence-electron chi connectivity index (χ2n) is 5.51. The molecule has 4 heteroatoms. The molecule has 92 valence electrons.